The topological polar surface area (TPSA) is 60.0 Å². The van der Waals surface area contributed by atoms with Crippen LogP contribution in [0.25, 0.3) is 0 Å². The van der Waals surface area contributed by atoms with Crippen LogP contribution < -0.4 is 14.8 Å². The summed E-state index contributed by atoms with van der Waals surface area (Å²) in [4.78, 5) is 14.2. The lowest BCUT2D eigenvalue weighted by molar-refractivity contribution is -0.126. The molecule has 0 aliphatic carbocycles. The molecule has 2 heterocycles. The monoisotopic (exact) mass is 306 g/mol. The van der Waals surface area contributed by atoms with Gasteiger partial charge in [-0.05, 0) is 31.5 Å². The molecular weight excluding hydrogens is 284 g/mol. The van der Waals surface area contributed by atoms with Gasteiger partial charge in [0.2, 0.25) is 12.7 Å². The van der Waals surface area contributed by atoms with Crippen molar-refractivity contribution in [2.45, 2.75) is 32.6 Å². The molecule has 0 radical (unpaired) electrons. The Hall–Kier alpha value is -1.79. The van der Waals surface area contributed by atoms with Gasteiger partial charge in [-0.25, -0.2) is 0 Å². The molecule has 0 saturated carbocycles. The summed E-state index contributed by atoms with van der Waals surface area (Å²) in [6.07, 6.45) is 0.343. The number of fused-ring (bicyclic) bond motifs is 1. The minimum Gasteiger partial charge on any atom is -0.454 e. The van der Waals surface area contributed by atoms with Crippen LogP contribution in [0.1, 0.15) is 19.4 Å². The Morgan fingerprint density at radius 1 is 1.23 bits per heavy atom. The Kier molecular flexibility index (Phi) is 4.49. The molecule has 0 bridgehead atoms. The van der Waals surface area contributed by atoms with E-state index in [4.69, 9.17) is 14.2 Å². The molecule has 120 valence electrons. The molecule has 0 aromatic heterocycles. The van der Waals surface area contributed by atoms with E-state index < -0.39 is 0 Å². The first kappa shape index (κ1) is 15.1. The Bertz CT molecular complexity index is 539. The van der Waals surface area contributed by atoms with Crippen molar-refractivity contribution in [2.24, 2.45) is 0 Å². The van der Waals surface area contributed by atoms with Crippen molar-refractivity contribution in [1.82, 2.24) is 10.2 Å². The second-order valence-electron chi connectivity index (χ2n) is 5.92. The number of morpholine rings is 1. The van der Waals surface area contributed by atoms with Crippen LogP contribution in [0.3, 0.4) is 0 Å². The summed E-state index contributed by atoms with van der Waals surface area (Å²) in [6, 6.07) is 5.71. The SMILES string of the molecule is C[C@H]1CN(CC(=O)NCc2ccc3c(c2)OCO3)C[C@H](C)O1. The first-order valence-corrected chi connectivity index (χ1v) is 7.63. The number of benzene rings is 1. The fourth-order valence-corrected chi connectivity index (χ4v) is 2.92. The number of rotatable bonds is 4. The molecule has 0 spiro atoms. The Balaban J connectivity index is 1.48. The van der Waals surface area contributed by atoms with Crippen LogP contribution in [0, 0.1) is 0 Å². The van der Waals surface area contributed by atoms with Crippen molar-refractivity contribution < 1.29 is 19.0 Å². The van der Waals surface area contributed by atoms with Gasteiger partial charge in [-0.3, -0.25) is 9.69 Å². The largest absolute Gasteiger partial charge is 0.454 e. The minimum absolute atomic E-state index is 0.0268. The summed E-state index contributed by atoms with van der Waals surface area (Å²) >= 11 is 0. The van der Waals surface area contributed by atoms with E-state index in [2.05, 4.69) is 10.2 Å². The van der Waals surface area contributed by atoms with Crippen LogP contribution in [0.2, 0.25) is 0 Å². The van der Waals surface area contributed by atoms with Gasteiger partial charge in [-0.2, -0.15) is 0 Å². The highest BCUT2D eigenvalue weighted by Gasteiger charge is 2.23. The lowest BCUT2D eigenvalue weighted by Crippen LogP contribution is -2.49. The van der Waals surface area contributed by atoms with E-state index in [9.17, 15) is 4.79 Å². The first-order chi connectivity index (χ1) is 10.6. The molecule has 1 aromatic carbocycles. The second-order valence-corrected chi connectivity index (χ2v) is 5.92. The number of carbonyl (C=O) groups excluding carboxylic acids is 1. The normalized spacial score (nSPS) is 24.3. The molecule has 1 saturated heterocycles. The van der Waals surface area contributed by atoms with Crippen molar-refractivity contribution in [3.8, 4) is 11.5 Å². The molecule has 6 nitrogen and oxygen atoms in total. The molecule has 1 fully saturated rings. The summed E-state index contributed by atoms with van der Waals surface area (Å²) in [5.74, 6) is 1.52. The van der Waals surface area contributed by atoms with Gasteiger partial charge >= 0.3 is 0 Å². The molecule has 2 atom stereocenters. The van der Waals surface area contributed by atoms with Gasteiger partial charge in [0.15, 0.2) is 11.5 Å². The summed E-state index contributed by atoms with van der Waals surface area (Å²) in [5.41, 5.74) is 1.00. The average Bonchev–Trinajstić information content (AvgIpc) is 2.91. The van der Waals surface area contributed by atoms with Crippen molar-refractivity contribution in [2.75, 3.05) is 26.4 Å². The zero-order valence-corrected chi connectivity index (χ0v) is 13.0. The molecule has 6 heteroatoms. The van der Waals surface area contributed by atoms with E-state index in [0.717, 1.165) is 30.2 Å². The molecule has 1 N–H and O–H groups in total. The maximum absolute atomic E-state index is 12.1. The van der Waals surface area contributed by atoms with E-state index >= 15 is 0 Å². The standard InChI is InChI=1S/C16H22N2O4/c1-11-7-18(8-12(2)22-11)9-16(19)17-6-13-3-4-14-15(5-13)21-10-20-14/h3-5,11-12H,6-10H2,1-2H3,(H,17,19)/t11-,12-/m0/s1. The number of nitrogens with one attached hydrogen (secondary N) is 1. The average molecular weight is 306 g/mol. The zero-order chi connectivity index (χ0) is 15.5. The molecule has 22 heavy (non-hydrogen) atoms. The summed E-state index contributed by atoms with van der Waals surface area (Å²) in [5, 5.41) is 2.95. The quantitative estimate of drug-likeness (QED) is 0.904. The number of ether oxygens (including phenoxy) is 3. The second kappa shape index (κ2) is 6.54. The van der Waals surface area contributed by atoms with E-state index in [0.29, 0.717) is 13.1 Å². The predicted molar refractivity (Wildman–Crippen MR) is 80.9 cm³/mol. The fraction of sp³-hybridized carbons (Fsp3) is 0.562. The van der Waals surface area contributed by atoms with Crippen LogP contribution in [0.5, 0.6) is 11.5 Å². The smallest absolute Gasteiger partial charge is 0.234 e. The van der Waals surface area contributed by atoms with E-state index in [1.165, 1.54) is 0 Å². The molecule has 2 aliphatic heterocycles. The lowest BCUT2D eigenvalue weighted by Gasteiger charge is -2.34. The highest BCUT2D eigenvalue weighted by molar-refractivity contribution is 5.78. The minimum atomic E-state index is 0.0268. The van der Waals surface area contributed by atoms with Crippen LogP contribution in [0.4, 0.5) is 0 Å². The number of amides is 1. The Morgan fingerprint density at radius 3 is 2.73 bits per heavy atom. The van der Waals surface area contributed by atoms with Gasteiger partial charge in [-0.1, -0.05) is 6.07 Å². The lowest BCUT2D eigenvalue weighted by atomic mass is 10.2. The fourth-order valence-electron chi connectivity index (χ4n) is 2.92. The van der Waals surface area contributed by atoms with E-state index in [1.54, 1.807) is 0 Å². The van der Waals surface area contributed by atoms with Gasteiger partial charge in [0.1, 0.15) is 0 Å². The van der Waals surface area contributed by atoms with Gasteiger partial charge in [0.05, 0.1) is 18.8 Å². The number of hydrogen-bond acceptors (Lipinski definition) is 5. The van der Waals surface area contributed by atoms with E-state index in [-0.39, 0.29) is 24.9 Å². The summed E-state index contributed by atoms with van der Waals surface area (Å²) < 4.78 is 16.3. The van der Waals surface area contributed by atoms with Gasteiger partial charge in [0.25, 0.3) is 0 Å². The zero-order valence-electron chi connectivity index (χ0n) is 13.0. The highest BCUT2D eigenvalue weighted by atomic mass is 16.7. The third-order valence-electron chi connectivity index (χ3n) is 3.79. The number of nitrogens with zero attached hydrogens (tertiary/aromatic N) is 1. The van der Waals surface area contributed by atoms with Crippen LogP contribution in [-0.2, 0) is 16.1 Å². The highest BCUT2D eigenvalue weighted by Crippen LogP contribution is 2.32. The summed E-state index contributed by atoms with van der Waals surface area (Å²) in [7, 11) is 0. The van der Waals surface area contributed by atoms with Crippen molar-refractivity contribution in [3.63, 3.8) is 0 Å². The van der Waals surface area contributed by atoms with Crippen molar-refractivity contribution in [3.05, 3.63) is 23.8 Å². The van der Waals surface area contributed by atoms with Gasteiger partial charge < -0.3 is 19.5 Å². The van der Waals surface area contributed by atoms with Crippen LogP contribution >= 0.6 is 0 Å². The van der Waals surface area contributed by atoms with Crippen molar-refractivity contribution in [1.29, 1.82) is 0 Å². The molecule has 0 unspecified atom stereocenters. The van der Waals surface area contributed by atoms with E-state index in [1.807, 2.05) is 32.0 Å². The molecule has 1 aromatic rings. The Morgan fingerprint density at radius 2 is 1.95 bits per heavy atom. The maximum atomic E-state index is 12.1. The van der Waals surface area contributed by atoms with Gasteiger partial charge in [-0.15, -0.1) is 0 Å². The molecule has 1 amide bonds. The van der Waals surface area contributed by atoms with Crippen LogP contribution in [0.15, 0.2) is 18.2 Å². The maximum Gasteiger partial charge on any atom is 0.234 e. The third-order valence-corrected chi connectivity index (χ3v) is 3.79. The first-order valence-electron chi connectivity index (χ1n) is 7.63. The molecule has 3 rings (SSSR count). The third kappa shape index (κ3) is 3.69. The summed E-state index contributed by atoms with van der Waals surface area (Å²) in [6.45, 7) is 6.82. The van der Waals surface area contributed by atoms with Gasteiger partial charge in [0, 0.05) is 19.6 Å². The number of carbonyl (C=O) groups is 1. The predicted octanol–water partition coefficient (Wildman–Crippen LogP) is 1.14. The van der Waals surface area contributed by atoms with Crippen molar-refractivity contribution >= 4 is 5.91 Å². The molecule has 2 aliphatic rings. The van der Waals surface area contributed by atoms with Crippen LogP contribution in [-0.4, -0.2) is 49.4 Å². The molecular formula is C16H22N2O4. The number of hydrogen-bond donors (Lipinski definition) is 1. The Labute approximate surface area is 130 Å².